The van der Waals surface area contributed by atoms with Gasteiger partial charge in [0.05, 0.1) is 16.6 Å². The summed E-state index contributed by atoms with van der Waals surface area (Å²) in [5, 5.41) is 0. The maximum atomic E-state index is 12.7. The SMILES string of the molecule is Nc1nc2cc(C(F)(F)F)ccc2n1CCN1CCCC1. The van der Waals surface area contributed by atoms with Gasteiger partial charge in [0.1, 0.15) is 0 Å². The monoisotopic (exact) mass is 298 g/mol. The highest BCUT2D eigenvalue weighted by Crippen LogP contribution is 2.31. The molecule has 1 fully saturated rings. The van der Waals surface area contributed by atoms with Crippen molar-refractivity contribution in [2.24, 2.45) is 0 Å². The Hall–Kier alpha value is -1.76. The quantitative estimate of drug-likeness (QED) is 0.948. The molecule has 114 valence electrons. The smallest absolute Gasteiger partial charge is 0.369 e. The highest BCUT2D eigenvalue weighted by atomic mass is 19.4. The summed E-state index contributed by atoms with van der Waals surface area (Å²) in [5.41, 5.74) is 6.10. The lowest BCUT2D eigenvalue weighted by atomic mass is 10.2. The zero-order valence-corrected chi connectivity index (χ0v) is 11.5. The summed E-state index contributed by atoms with van der Waals surface area (Å²) < 4.78 is 39.9. The van der Waals surface area contributed by atoms with Crippen molar-refractivity contribution in [1.82, 2.24) is 14.5 Å². The molecule has 4 nitrogen and oxygen atoms in total. The highest BCUT2D eigenvalue weighted by molar-refractivity contribution is 5.79. The molecule has 0 amide bonds. The molecule has 1 aromatic heterocycles. The van der Waals surface area contributed by atoms with Gasteiger partial charge in [0.2, 0.25) is 5.95 Å². The normalized spacial score (nSPS) is 16.9. The number of alkyl halides is 3. The van der Waals surface area contributed by atoms with E-state index < -0.39 is 11.7 Å². The number of aromatic nitrogens is 2. The molecule has 1 aliphatic heterocycles. The molecule has 0 bridgehead atoms. The van der Waals surface area contributed by atoms with Crippen molar-refractivity contribution in [1.29, 1.82) is 0 Å². The van der Waals surface area contributed by atoms with E-state index in [2.05, 4.69) is 9.88 Å². The third kappa shape index (κ3) is 2.83. The second-order valence-corrected chi connectivity index (χ2v) is 5.37. The molecule has 1 aliphatic rings. The Morgan fingerprint density at radius 3 is 2.52 bits per heavy atom. The van der Waals surface area contributed by atoms with Gasteiger partial charge in [-0.15, -0.1) is 0 Å². The van der Waals surface area contributed by atoms with Crippen LogP contribution in [0.5, 0.6) is 0 Å². The lowest BCUT2D eigenvalue weighted by Gasteiger charge is -2.15. The number of hydrogen-bond acceptors (Lipinski definition) is 3. The van der Waals surface area contributed by atoms with Crippen LogP contribution in [-0.2, 0) is 12.7 Å². The van der Waals surface area contributed by atoms with Gasteiger partial charge in [-0.25, -0.2) is 4.98 Å². The lowest BCUT2D eigenvalue weighted by Crippen LogP contribution is -2.24. The molecule has 7 heteroatoms. The average molecular weight is 298 g/mol. The molecule has 1 aromatic carbocycles. The Labute approximate surface area is 120 Å². The number of benzene rings is 1. The van der Waals surface area contributed by atoms with Crippen molar-refractivity contribution in [3.05, 3.63) is 23.8 Å². The van der Waals surface area contributed by atoms with E-state index >= 15 is 0 Å². The topological polar surface area (TPSA) is 47.1 Å². The van der Waals surface area contributed by atoms with Crippen LogP contribution in [0, 0.1) is 0 Å². The molecule has 0 aliphatic carbocycles. The molecular formula is C14H17F3N4. The van der Waals surface area contributed by atoms with Gasteiger partial charge in [0.15, 0.2) is 0 Å². The third-order valence-electron chi connectivity index (χ3n) is 3.94. The second kappa shape index (κ2) is 5.22. The maximum absolute atomic E-state index is 12.7. The van der Waals surface area contributed by atoms with Crippen molar-refractivity contribution in [2.75, 3.05) is 25.4 Å². The van der Waals surface area contributed by atoms with Gasteiger partial charge in [0, 0.05) is 13.1 Å². The van der Waals surface area contributed by atoms with Crippen LogP contribution in [0.2, 0.25) is 0 Å². The summed E-state index contributed by atoms with van der Waals surface area (Å²) in [6.07, 6.45) is -1.95. The molecule has 1 saturated heterocycles. The van der Waals surface area contributed by atoms with Gasteiger partial charge in [-0.3, -0.25) is 0 Å². The van der Waals surface area contributed by atoms with Crippen molar-refractivity contribution in [2.45, 2.75) is 25.6 Å². The van der Waals surface area contributed by atoms with Gasteiger partial charge >= 0.3 is 6.18 Å². The van der Waals surface area contributed by atoms with E-state index in [1.54, 1.807) is 4.57 Å². The Morgan fingerprint density at radius 1 is 1.14 bits per heavy atom. The number of nitrogens with two attached hydrogens (primary N) is 1. The zero-order chi connectivity index (χ0) is 15.0. The Morgan fingerprint density at radius 2 is 1.86 bits per heavy atom. The molecule has 0 atom stereocenters. The van der Waals surface area contributed by atoms with Crippen molar-refractivity contribution in [3.8, 4) is 0 Å². The standard InChI is InChI=1S/C14H17F3N4/c15-14(16,17)10-3-4-12-11(9-10)19-13(18)21(12)8-7-20-5-1-2-6-20/h3-4,9H,1-2,5-8H2,(H2,18,19). The van der Waals surface area contributed by atoms with Gasteiger partial charge < -0.3 is 15.2 Å². The van der Waals surface area contributed by atoms with E-state index in [1.165, 1.54) is 18.9 Å². The average Bonchev–Trinajstić information content (AvgIpc) is 3.01. The van der Waals surface area contributed by atoms with Crippen molar-refractivity contribution in [3.63, 3.8) is 0 Å². The predicted molar refractivity (Wildman–Crippen MR) is 74.8 cm³/mol. The highest BCUT2D eigenvalue weighted by Gasteiger charge is 2.31. The van der Waals surface area contributed by atoms with E-state index in [9.17, 15) is 13.2 Å². The fourth-order valence-electron chi connectivity index (χ4n) is 2.81. The number of halogens is 3. The lowest BCUT2D eigenvalue weighted by molar-refractivity contribution is -0.137. The first-order valence-corrected chi connectivity index (χ1v) is 7.00. The minimum Gasteiger partial charge on any atom is -0.369 e. The second-order valence-electron chi connectivity index (χ2n) is 5.37. The van der Waals surface area contributed by atoms with Crippen molar-refractivity contribution < 1.29 is 13.2 Å². The number of rotatable bonds is 3. The third-order valence-corrected chi connectivity index (χ3v) is 3.94. The zero-order valence-electron chi connectivity index (χ0n) is 11.5. The summed E-state index contributed by atoms with van der Waals surface area (Å²) in [6.45, 7) is 3.64. The minimum absolute atomic E-state index is 0.267. The van der Waals surface area contributed by atoms with Crippen LogP contribution in [0.4, 0.5) is 19.1 Å². The molecule has 0 radical (unpaired) electrons. The van der Waals surface area contributed by atoms with Crippen molar-refractivity contribution >= 4 is 17.0 Å². The summed E-state index contributed by atoms with van der Waals surface area (Å²) in [7, 11) is 0. The number of likely N-dealkylation sites (tertiary alicyclic amines) is 1. The number of hydrogen-bond donors (Lipinski definition) is 1. The molecule has 2 N–H and O–H groups in total. The molecule has 3 rings (SSSR count). The first-order valence-electron chi connectivity index (χ1n) is 7.00. The van der Waals surface area contributed by atoms with Crippen LogP contribution in [0.25, 0.3) is 11.0 Å². The molecule has 21 heavy (non-hydrogen) atoms. The predicted octanol–water partition coefficient (Wildman–Crippen LogP) is 2.73. The van der Waals surface area contributed by atoms with E-state index in [1.807, 2.05) is 0 Å². The van der Waals surface area contributed by atoms with Gasteiger partial charge in [0.25, 0.3) is 0 Å². The van der Waals surface area contributed by atoms with E-state index in [0.717, 1.165) is 31.8 Å². The largest absolute Gasteiger partial charge is 0.416 e. The van der Waals surface area contributed by atoms with Gasteiger partial charge in [-0.2, -0.15) is 13.2 Å². The van der Waals surface area contributed by atoms with E-state index in [-0.39, 0.29) is 5.95 Å². The summed E-state index contributed by atoms with van der Waals surface area (Å²) in [6, 6.07) is 3.58. The summed E-state index contributed by atoms with van der Waals surface area (Å²) in [4.78, 5) is 6.38. The van der Waals surface area contributed by atoms with Crippen LogP contribution in [0.15, 0.2) is 18.2 Å². The van der Waals surface area contributed by atoms with E-state index in [0.29, 0.717) is 17.6 Å². The molecular weight excluding hydrogens is 281 g/mol. The number of nitrogen functional groups attached to an aromatic ring is 1. The molecule has 0 unspecified atom stereocenters. The molecule has 2 heterocycles. The van der Waals surface area contributed by atoms with E-state index in [4.69, 9.17) is 5.73 Å². The Kier molecular flexibility index (Phi) is 3.52. The van der Waals surface area contributed by atoms with Gasteiger partial charge in [-0.05, 0) is 44.1 Å². The van der Waals surface area contributed by atoms with Crippen LogP contribution < -0.4 is 5.73 Å². The van der Waals surface area contributed by atoms with Crippen LogP contribution in [0.1, 0.15) is 18.4 Å². The molecule has 0 spiro atoms. The molecule has 2 aromatic rings. The number of fused-ring (bicyclic) bond motifs is 1. The molecule has 0 saturated carbocycles. The van der Waals surface area contributed by atoms with Crippen LogP contribution in [-0.4, -0.2) is 34.1 Å². The fourth-order valence-corrected chi connectivity index (χ4v) is 2.81. The Balaban J connectivity index is 1.86. The number of anilines is 1. The van der Waals surface area contributed by atoms with Gasteiger partial charge in [-0.1, -0.05) is 0 Å². The fraction of sp³-hybridized carbons (Fsp3) is 0.500. The Bertz CT molecular complexity index is 641. The van der Waals surface area contributed by atoms with Crippen LogP contribution >= 0.6 is 0 Å². The summed E-state index contributed by atoms with van der Waals surface area (Å²) in [5.74, 6) is 0.267. The number of nitrogens with zero attached hydrogens (tertiary/aromatic N) is 3. The first-order chi connectivity index (χ1) is 9.95. The summed E-state index contributed by atoms with van der Waals surface area (Å²) >= 11 is 0. The first kappa shape index (κ1) is 14.2. The number of imidazole rings is 1. The maximum Gasteiger partial charge on any atom is 0.416 e. The minimum atomic E-state index is -4.36. The van der Waals surface area contributed by atoms with Crippen LogP contribution in [0.3, 0.4) is 0 Å².